The monoisotopic (exact) mass is 280 g/mol. The summed E-state index contributed by atoms with van der Waals surface area (Å²) in [5, 5.41) is 17.3. The van der Waals surface area contributed by atoms with Crippen LogP contribution in [0.15, 0.2) is 23.4 Å². The molecule has 0 saturated carbocycles. The van der Waals surface area contributed by atoms with Crippen LogP contribution in [0, 0.1) is 0 Å². The number of carboxylic acid groups (broad SMARTS) is 1. The molecule has 0 unspecified atom stereocenters. The number of carbonyl (C=O) groups excluding carboxylic acids is 1. The number of H-pyrrole nitrogens is 1. The zero-order chi connectivity index (χ0) is 14.4. The zero-order valence-electron chi connectivity index (χ0n) is 10.2. The van der Waals surface area contributed by atoms with E-state index in [0.717, 1.165) is 6.39 Å². The first kappa shape index (κ1) is 13.5. The van der Waals surface area contributed by atoms with E-state index in [4.69, 9.17) is 5.11 Å². The van der Waals surface area contributed by atoms with Crippen molar-refractivity contribution >= 4 is 12.0 Å². The molecular formula is C10H12N6O4. The number of aromatic amines is 1. The average Bonchev–Trinajstić information content (AvgIpc) is 3.08. The number of carbonyl (C=O) groups is 2. The average molecular weight is 280 g/mol. The van der Waals surface area contributed by atoms with Crippen molar-refractivity contribution in [3.8, 4) is 0 Å². The number of aliphatic carboxylic acids is 1. The standard InChI is InChI=1S/C10H12N6O4/c17-9(18)7(1-6-2-11-4-13-6)15-10(19)12-3-8-14-5-20-16-8/h2,4-5,7H,1,3H2,(H,11,13)(H,17,18)(H2,12,15,19)/t7-/m0/s1. The Labute approximate surface area is 112 Å². The Bertz CT molecular complexity index is 552. The molecule has 0 aliphatic carbocycles. The molecular weight excluding hydrogens is 268 g/mol. The Morgan fingerprint density at radius 1 is 1.50 bits per heavy atom. The molecule has 2 rings (SSSR count). The van der Waals surface area contributed by atoms with Crippen molar-refractivity contribution in [1.82, 2.24) is 30.7 Å². The molecule has 0 spiro atoms. The molecule has 0 radical (unpaired) electrons. The summed E-state index contributed by atoms with van der Waals surface area (Å²) in [6.45, 7) is 0.0404. The molecule has 10 nitrogen and oxygen atoms in total. The summed E-state index contributed by atoms with van der Waals surface area (Å²) in [6.07, 6.45) is 4.16. The third-order valence-corrected chi connectivity index (χ3v) is 2.40. The summed E-state index contributed by atoms with van der Waals surface area (Å²) in [5.74, 6) is -0.852. The van der Waals surface area contributed by atoms with Gasteiger partial charge in [-0.1, -0.05) is 5.16 Å². The van der Waals surface area contributed by atoms with Crippen LogP contribution in [-0.2, 0) is 17.8 Å². The molecule has 0 saturated heterocycles. The molecule has 4 N–H and O–H groups in total. The summed E-state index contributed by atoms with van der Waals surface area (Å²) in [6, 6.07) is -1.71. The summed E-state index contributed by atoms with van der Waals surface area (Å²) in [5.41, 5.74) is 0.607. The minimum atomic E-state index is -1.14. The number of nitrogens with one attached hydrogen (secondary N) is 3. The van der Waals surface area contributed by atoms with Crippen molar-refractivity contribution < 1.29 is 19.2 Å². The summed E-state index contributed by atoms with van der Waals surface area (Å²) >= 11 is 0. The number of urea groups is 1. The highest BCUT2D eigenvalue weighted by Crippen LogP contribution is 1.99. The number of hydrogen-bond acceptors (Lipinski definition) is 6. The maximum absolute atomic E-state index is 11.6. The van der Waals surface area contributed by atoms with E-state index in [9.17, 15) is 9.59 Å². The van der Waals surface area contributed by atoms with Crippen molar-refractivity contribution in [2.75, 3.05) is 0 Å². The van der Waals surface area contributed by atoms with Crippen LogP contribution in [0.2, 0.25) is 0 Å². The van der Waals surface area contributed by atoms with E-state index in [2.05, 4.69) is 35.3 Å². The topological polar surface area (TPSA) is 146 Å². The summed E-state index contributed by atoms with van der Waals surface area (Å²) < 4.78 is 4.50. The van der Waals surface area contributed by atoms with Crippen LogP contribution < -0.4 is 10.6 Å². The summed E-state index contributed by atoms with van der Waals surface area (Å²) in [4.78, 5) is 32.9. The minimum absolute atomic E-state index is 0.0404. The fourth-order valence-electron chi connectivity index (χ4n) is 1.46. The Balaban J connectivity index is 1.84. The molecule has 0 aliphatic heterocycles. The van der Waals surface area contributed by atoms with Crippen LogP contribution in [0.4, 0.5) is 4.79 Å². The normalized spacial score (nSPS) is 11.8. The van der Waals surface area contributed by atoms with Crippen molar-refractivity contribution in [3.63, 3.8) is 0 Å². The molecule has 1 atom stereocenters. The molecule has 0 aliphatic rings. The van der Waals surface area contributed by atoms with Crippen LogP contribution in [-0.4, -0.2) is 43.3 Å². The summed E-state index contributed by atoms with van der Waals surface area (Å²) in [7, 11) is 0. The lowest BCUT2D eigenvalue weighted by molar-refractivity contribution is -0.139. The first-order valence-corrected chi connectivity index (χ1v) is 5.65. The van der Waals surface area contributed by atoms with Crippen LogP contribution in [0.3, 0.4) is 0 Å². The lowest BCUT2D eigenvalue weighted by Gasteiger charge is -2.13. The number of rotatable bonds is 6. The number of amides is 2. The third-order valence-electron chi connectivity index (χ3n) is 2.40. The van der Waals surface area contributed by atoms with E-state index in [-0.39, 0.29) is 13.0 Å². The van der Waals surface area contributed by atoms with Gasteiger partial charge in [-0.15, -0.1) is 0 Å². The van der Waals surface area contributed by atoms with Gasteiger partial charge in [-0.05, 0) is 0 Å². The van der Waals surface area contributed by atoms with Gasteiger partial charge in [-0.25, -0.2) is 14.6 Å². The van der Waals surface area contributed by atoms with Crippen LogP contribution in [0.1, 0.15) is 11.5 Å². The van der Waals surface area contributed by atoms with Crippen molar-refractivity contribution in [3.05, 3.63) is 30.4 Å². The number of carboxylic acids is 1. The van der Waals surface area contributed by atoms with Crippen LogP contribution in [0.5, 0.6) is 0 Å². The molecule has 2 aromatic rings. The predicted molar refractivity (Wildman–Crippen MR) is 63.4 cm³/mol. The minimum Gasteiger partial charge on any atom is -0.480 e. The quantitative estimate of drug-likeness (QED) is 0.546. The maximum Gasteiger partial charge on any atom is 0.326 e. The lowest BCUT2D eigenvalue weighted by Crippen LogP contribution is -2.47. The smallest absolute Gasteiger partial charge is 0.326 e. The second-order valence-corrected chi connectivity index (χ2v) is 3.85. The van der Waals surface area contributed by atoms with Gasteiger partial charge in [0.2, 0.25) is 6.39 Å². The van der Waals surface area contributed by atoms with Gasteiger partial charge in [0.25, 0.3) is 0 Å². The Morgan fingerprint density at radius 3 is 2.95 bits per heavy atom. The maximum atomic E-state index is 11.6. The zero-order valence-corrected chi connectivity index (χ0v) is 10.2. The SMILES string of the molecule is O=C(NCc1ncon1)N[C@@H](Cc1cnc[nH]1)C(=O)O. The fraction of sp³-hybridized carbons (Fsp3) is 0.300. The Kier molecular flexibility index (Phi) is 4.27. The molecule has 106 valence electrons. The second-order valence-electron chi connectivity index (χ2n) is 3.85. The van der Waals surface area contributed by atoms with Gasteiger partial charge in [0, 0.05) is 18.3 Å². The van der Waals surface area contributed by atoms with Gasteiger partial charge < -0.3 is 25.2 Å². The van der Waals surface area contributed by atoms with E-state index >= 15 is 0 Å². The molecule has 2 aromatic heterocycles. The van der Waals surface area contributed by atoms with Crippen LogP contribution >= 0.6 is 0 Å². The van der Waals surface area contributed by atoms with Gasteiger partial charge in [0.15, 0.2) is 5.82 Å². The molecule has 0 aromatic carbocycles. The van der Waals surface area contributed by atoms with E-state index in [1.54, 1.807) is 0 Å². The Hall–Kier alpha value is -2.91. The van der Waals surface area contributed by atoms with Gasteiger partial charge in [0.05, 0.1) is 12.9 Å². The van der Waals surface area contributed by atoms with Crippen molar-refractivity contribution in [2.45, 2.75) is 19.0 Å². The highest BCUT2D eigenvalue weighted by Gasteiger charge is 2.21. The fourth-order valence-corrected chi connectivity index (χ4v) is 1.46. The van der Waals surface area contributed by atoms with E-state index in [1.165, 1.54) is 12.5 Å². The molecule has 0 bridgehead atoms. The van der Waals surface area contributed by atoms with E-state index < -0.39 is 18.0 Å². The number of aromatic nitrogens is 4. The van der Waals surface area contributed by atoms with E-state index in [1.807, 2.05) is 0 Å². The molecule has 10 heteroatoms. The van der Waals surface area contributed by atoms with Crippen LogP contribution in [0.25, 0.3) is 0 Å². The first-order chi connectivity index (χ1) is 9.65. The van der Waals surface area contributed by atoms with Gasteiger partial charge >= 0.3 is 12.0 Å². The van der Waals surface area contributed by atoms with Gasteiger partial charge in [0.1, 0.15) is 6.04 Å². The highest BCUT2D eigenvalue weighted by molar-refractivity contribution is 5.82. The molecule has 0 fully saturated rings. The van der Waals surface area contributed by atoms with Gasteiger partial charge in [-0.2, -0.15) is 4.98 Å². The highest BCUT2D eigenvalue weighted by atomic mass is 16.5. The molecule has 2 heterocycles. The number of imidazole rings is 1. The predicted octanol–water partition coefficient (Wildman–Crippen LogP) is -0.712. The lowest BCUT2D eigenvalue weighted by atomic mass is 10.2. The molecule has 2 amide bonds. The van der Waals surface area contributed by atoms with Gasteiger partial charge in [-0.3, -0.25) is 0 Å². The van der Waals surface area contributed by atoms with Crippen molar-refractivity contribution in [1.29, 1.82) is 0 Å². The van der Waals surface area contributed by atoms with E-state index in [0.29, 0.717) is 11.5 Å². The number of hydrogen-bond donors (Lipinski definition) is 4. The second kappa shape index (κ2) is 6.31. The third kappa shape index (κ3) is 3.80. The number of nitrogens with zero attached hydrogens (tertiary/aromatic N) is 3. The molecule has 20 heavy (non-hydrogen) atoms. The largest absolute Gasteiger partial charge is 0.480 e. The van der Waals surface area contributed by atoms with Crippen molar-refractivity contribution in [2.24, 2.45) is 0 Å². The first-order valence-electron chi connectivity index (χ1n) is 5.65. The Morgan fingerprint density at radius 2 is 2.35 bits per heavy atom.